The van der Waals surface area contributed by atoms with E-state index in [1.54, 1.807) is 0 Å². The molecule has 1 heteroatoms. The minimum absolute atomic E-state index is 0.127. The molecule has 0 bridgehead atoms. The molecule has 0 fully saturated rings. The van der Waals surface area contributed by atoms with Gasteiger partial charge in [-0.1, -0.05) is 33.8 Å². The quantitative estimate of drug-likeness (QED) is 0.632. The lowest BCUT2D eigenvalue weighted by atomic mass is 9.81. The molecule has 1 aliphatic rings. The van der Waals surface area contributed by atoms with Crippen LogP contribution in [0.15, 0.2) is 23.5 Å². The maximum Gasteiger partial charge on any atom is 0.115 e. The van der Waals surface area contributed by atoms with Crippen molar-refractivity contribution in [2.24, 2.45) is 11.3 Å². The zero-order valence-electron chi connectivity index (χ0n) is 8.39. The first kappa shape index (κ1) is 9.37. The molecule has 0 amide bonds. The van der Waals surface area contributed by atoms with Crippen molar-refractivity contribution >= 4 is 0 Å². The second-order valence-electron chi connectivity index (χ2n) is 4.54. The Labute approximate surface area is 74.8 Å². The van der Waals surface area contributed by atoms with Crippen molar-refractivity contribution < 1.29 is 5.11 Å². The molecule has 0 aliphatic heterocycles. The summed E-state index contributed by atoms with van der Waals surface area (Å²) in [5.41, 5.74) is 1.22. The summed E-state index contributed by atoms with van der Waals surface area (Å²) >= 11 is 0. The van der Waals surface area contributed by atoms with Crippen molar-refractivity contribution in [3.8, 4) is 0 Å². The molecule has 1 aliphatic carbocycles. The molecular weight excluding hydrogens is 148 g/mol. The van der Waals surface area contributed by atoms with Crippen LogP contribution in [-0.4, -0.2) is 5.11 Å². The summed E-state index contributed by atoms with van der Waals surface area (Å²) < 4.78 is 0. The lowest BCUT2D eigenvalue weighted by Gasteiger charge is -2.26. The minimum atomic E-state index is 0.127. The number of hydrogen-bond donors (Lipinski definition) is 1. The number of aliphatic hydroxyl groups excluding tert-OH is 1. The first-order chi connectivity index (χ1) is 5.42. The number of allylic oxidation sites excluding steroid dienone is 3. The zero-order valence-corrected chi connectivity index (χ0v) is 8.39. The Morgan fingerprint density at radius 3 is 2.42 bits per heavy atom. The van der Waals surface area contributed by atoms with Gasteiger partial charge in [0, 0.05) is 0 Å². The lowest BCUT2D eigenvalue weighted by molar-refractivity contribution is 0.368. The van der Waals surface area contributed by atoms with E-state index in [9.17, 15) is 5.11 Å². The molecule has 0 aromatic heterocycles. The molecule has 12 heavy (non-hydrogen) atoms. The van der Waals surface area contributed by atoms with Crippen LogP contribution in [0.2, 0.25) is 0 Å². The normalized spacial score (nSPS) is 22.1. The van der Waals surface area contributed by atoms with E-state index in [0.29, 0.717) is 11.7 Å². The maximum atomic E-state index is 9.67. The molecular formula is C11H18O. The molecule has 0 aromatic rings. The highest BCUT2D eigenvalue weighted by Gasteiger charge is 2.22. The number of rotatable bonds is 1. The average molecular weight is 166 g/mol. The average Bonchev–Trinajstić information content (AvgIpc) is 1.83. The Balaban J connectivity index is 2.87. The standard InChI is InChI=1S/C11H18O/c1-8(2)9-5-6-11(3,4)7-10(9)12/h5,7-8,12H,6H2,1-4H3. The van der Waals surface area contributed by atoms with E-state index < -0.39 is 0 Å². The monoisotopic (exact) mass is 166 g/mol. The van der Waals surface area contributed by atoms with Gasteiger partial charge in [0.1, 0.15) is 5.76 Å². The van der Waals surface area contributed by atoms with E-state index in [-0.39, 0.29) is 5.41 Å². The fraction of sp³-hybridized carbons (Fsp3) is 0.636. The largest absolute Gasteiger partial charge is 0.508 e. The van der Waals surface area contributed by atoms with Crippen LogP contribution in [-0.2, 0) is 0 Å². The van der Waals surface area contributed by atoms with Crippen molar-refractivity contribution in [2.45, 2.75) is 34.1 Å². The number of hydrogen-bond acceptors (Lipinski definition) is 1. The summed E-state index contributed by atoms with van der Waals surface area (Å²) in [5, 5.41) is 9.67. The third kappa shape index (κ3) is 1.90. The SMILES string of the molecule is CC(C)C1=CCC(C)(C)C=C1O. The van der Waals surface area contributed by atoms with Crippen LogP contribution < -0.4 is 0 Å². The molecule has 0 saturated carbocycles. The molecule has 1 rings (SSSR count). The van der Waals surface area contributed by atoms with Gasteiger partial charge in [-0.15, -0.1) is 0 Å². The first-order valence-electron chi connectivity index (χ1n) is 4.54. The van der Waals surface area contributed by atoms with Gasteiger partial charge >= 0.3 is 0 Å². The van der Waals surface area contributed by atoms with Crippen molar-refractivity contribution in [3.05, 3.63) is 23.5 Å². The number of aliphatic hydroxyl groups is 1. The van der Waals surface area contributed by atoms with Gasteiger partial charge in [-0.3, -0.25) is 0 Å². The first-order valence-corrected chi connectivity index (χ1v) is 4.54. The molecule has 68 valence electrons. The lowest BCUT2D eigenvalue weighted by Crippen LogP contribution is -2.14. The van der Waals surface area contributed by atoms with Crippen LogP contribution in [0.25, 0.3) is 0 Å². The Morgan fingerprint density at radius 1 is 1.42 bits per heavy atom. The van der Waals surface area contributed by atoms with Gasteiger partial charge in [-0.25, -0.2) is 0 Å². The third-order valence-electron chi connectivity index (χ3n) is 2.29. The van der Waals surface area contributed by atoms with E-state index >= 15 is 0 Å². The van der Waals surface area contributed by atoms with Crippen molar-refractivity contribution in [1.82, 2.24) is 0 Å². The van der Waals surface area contributed by atoms with Gasteiger partial charge in [-0.2, -0.15) is 0 Å². The van der Waals surface area contributed by atoms with Gasteiger partial charge in [-0.05, 0) is 29.4 Å². The molecule has 0 unspecified atom stereocenters. The highest BCUT2D eigenvalue weighted by atomic mass is 16.3. The van der Waals surface area contributed by atoms with Crippen LogP contribution >= 0.6 is 0 Å². The van der Waals surface area contributed by atoms with Gasteiger partial charge in [0.15, 0.2) is 0 Å². The van der Waals surface area contributed by atoms with Crippen LogP contribution in [0.1, 0.15) is 34.1 Å². The van der Waals surface area contributed by atoms with Gasteiger partial charge in [0.2, 0.25) is 0 Å². The predicted octanol–water partition coefficient (Wildman–Crippen LogP) is 3.44. The second kappa shape index (κ2) is 2.96. The molecule has 0 radical (unpaired) electrons. The van der Waals surface area contributed by atoms with E-state index in [1.807, 2.05) is 6.08 Å². The van der Waals surface area contributed by atoms with Crippen LogP contribution in [0.3, 0.4) is 0 Å². The van der Waals surface area contributed by atoms with Crippen molar-refractivity contribution in [1.29, 1.82) is 0 Å². The summed E-state index contributed by atoms with van der Waals surface area (Å²) in [6.45, 7) is 8.48. The Morgan fingerprint density at radius 2 is 2.00 bits per heavy atom. The van der Waals surface area contributed by atoms with E-state index in [4.69, 9.17) is 0 Å². The maximum absolute atomic E-state index is 9.67. The van der Waals surface area contributed by atoms with E-state index in [2.05, 4.69) is 33.8 Å². The summed E-state index contributed by atoms with van der Waals surface area (Å²) in [4.78, 5) is 0. The molecule has 0 aromatic carbocycles. The smallest absolute Gasteiger partial charge is 0.115 e. The van der Waals surface area contributed by atoms with Crippen molar-refractivity contribution in [3.63, 3.8) is 0 Å². The summed E-state index contributed by atoms with van der Waals surface area (Å²) in [6, 6.07) is 0. The molecule has 1 nitrogen and oxygen atoms in total. The summed E-state index contributed by atoms with van der Waals surface area (Å²) in [7, 11) is 0. The molecule has 0 saturated heterocycles. The third-order valence-corrected chi connectivity index (χ3v) is 2.29. The highest BCUT2D eigenvalue weighted by molar-refractivity contribution is 5.32. The molecule has 1 N–H and O–H groups in total. The zero-order chi connectivity index (χ0) is 9.35. The molecule has 0 atom stereocenters. The van der Waals surface area contributed by atoms with Gasteiger partial charge < -0.3 is 5.11 Å². The van der Waals surface area contributed by atoms with Gasteiger partial charge in [0.25, 0.3) is 0 Å². The van der Waals surface area contributed by atoms with Crippen LogP contribution in [0.5, 0.6) is 0 Å². The summed E-state index contributed by atoms with van der Waals surface area (Å²) in [5.74, 6) is 0.901. The van der Waals surface area contributed by atoms with Crippen LogP contribution in [0, 0.1) is 11.3 Å². The van der Waals surface area contributed by atoms with E-state index in [0.717, 1.165) is 12.0 Å². The Hall–Kier alpha value is -0.720. The predicted molar refractivity (Wildman–Crippen MR) is 52.0 cm³/mol. The summed E-state index contributed by atoms with van der Waals surface area (Å²) in [6.07, 6.45) is 5.15. The van der Waals surface area contributed by atoms with Gasteiger partial charge in [0.05, 0.1) is 0 Å². The fourth-order valence-electron chi connectivity index (χ4n) is 1.52. The van der Waals surface area contributed by atoms with Crippen molar-refractivity contribution in [2.75, 3.05) is 0 Å². The van der Waals surface area contributed by atoms with Crippen LogP contribution in [0.4, 0.5) is 0 Å². The minimum Gasteiger partial charge on any atom is -0.508 e. The molecule has 0 heterocycles. The highest BCUT2D eigenvalue weighted by Crippen LogP contribution is 2.33. The molecule has 0 spiro atoms. The second-order valence-corrected chi connectivity index (χ2v) is 4.54. The topological polar surface area (TPSA) is 20.2 Å². The fourth-order valence-corrected chi connectivity index (χ4v) is 1.52. The van der Waals surface area contributed by atoms with E-state index in [1.165, 1.54) is 0 Å². The Kier molecular flexibility index (Phi) is 2.31. The Bertz CT molecular complexity index is 231.